The number of carbonyl (C=O) groups excluding carboxylic acids is 1. The van der Waals surface area contributed by atoms with E-state index in [1.54, 1.807) is 4.68 Å². The van der Waals surface area contributed by atoms with Crippen LogP contribution in [0.1, 0.15) is 56.7 Å². The van der Waals surface area contributed by atoms with Crippen LogP contribution in [0.3, 0.4) is 0 Å². The van der Waals surface area contributed by atoms with Crippen LogP contribution in [0.15, 0.2) is 66.1 Å². The number of amides is 1. The summed E-state index contributed by atoms with van der Waals surface area (Å²) >= 11 is 0. The van der Waals surface area contributed by atoms with E-state index in [0.717, 1.165) is 34.7 Å². The molecule has 4 rings (SSSR count). The van der Waals surface area contributed by atoms with Crippen molar-refractivity contribution in [2.75, 3.05) is 17.2 Å². The molecule has 1 amide bonds. The normalized spacial score (nSPS) is 15.1. The summed E-state index contributed by atoms with van der Waals surface area (Å²) in [5.74, 6) is 1.27. The fourth-order valence-corrected chi connectivity index (χ4v) is 4.08. The van der Waals surface area contributed by atoms with E-state index in [9.17, 15) is 4.79 Å². The molecule has 2 N–H and O–H groups in total. The lowest BCUT2D eigenvalue weighted by atomic mass is 9.95. The molecular weight excluding hydrogens is 414 g/mol. The molecule has 7 nitrogen and oxygen atoms in total. The highest BCUT2D eigenvalue weighted by atomic mass is 16.5. The van der Waals surface area contributed by atoms with Crippen LogP contribution < -0.4 is 15.4 Å². The van der Waals surface area contributed by atoms with E-state index in [2.05, 4.69) is 27.6 Å². The minimum atomic E-state index is -0.396. The summed E-state index contributed by atoms with van der Waals surface area (Å²) in [6.07, 6.45) is 6.18. The van der Waals surface area contributed by atoms with Gasteiger partial charge in [-0.1, -0.05) is 50.5 Å². The van der Waals surface area contributed by atoms with Crippen molar-refractivity contribution in [2.45, 2.75) is 52.5 Å². The molecule has 2 heterocycles. The predicted molar refractivity (Wildman–Crippen MR) is 130 cm³/mol. The molecule has 0 saturated carbocycles. The number of anilines is 2. The highest BCUT2D eigenvalue weighted by Crippen LogP contribution is 2.35. The molecule has 1 aliphatic rings. The first-order valence-corrected chi connectivity index (χ1v) is 11.5. The Labute approximate surface area is 194 Å². The third-order valence-corrected chi connectivity index (χ3v) is 5.78. The standard InChI is InChI=1S/C26H31N5O2/c1-4-5-6-7-15-33-22-13-11-20(12-14-22)24-23(19(3)29-26-27-17-28-31(24)26)25(32)30-21-10-8-9-18(2)16-21/h8-14,16-17,24H,4-7,15H2,1-3H3,(H,30,32)(H,27,28,29). The average Bonchev–Trinajstić information content (AvgIpc) is 3.26. The van der Waals surface area contributed by atoms with Gasteiger partial charge in [-0.15, -0.1) is 0 Å². The molecule has 0 saturated heterocycles. The van der Waals surface area contributed by atoms with E-state index < -0.39 is 6.04 Å². The summed E-state index contributed by atoms with van der Waals surface area (Å²) < 4.78 is 7.65. The molecule has 1 atom stereocenters. The van der Waals surface area contributed by atoms with Crippen molar-refractivity contribution in [2.24, 2.45) is 0 Å². The third-order valence-electron chi connectivity index (χ3n) is 5.78. The van der Waals surface area contributed by atoms with Crippen LogP contribution in [0.5, 0.6) is 5.75 Å². The van der Waals surface area contributed by atoms with Gasteiger partial charge in [0.25, 0.3) is 5.91 Å². The lowest BCUT2D eigenvalue weighted by Crippen LogP contribution is -2.31. The van der Waals surface area contributed by atoms with Crippen molar-refractivity contribution in [3.05, 3.63) is 77.3 Å². The second-order valence-electron chi connectivity index (χ2n) is 8.40. The number of benzene rings is 2. The van der Waals surface area contributed by atoms with Crippen LogP contribution in [0, 0.1) is 6.92 Å². The van der Waals surface area contributed by atoms with Crippen molar-refractivity contribution in [3.63, 3.8) is 0 Å². The molecule has 172 valence electrons. The predicted octanol–water partition coefficient (Wildman–Crippen LogP) is 5.47. The molecule has 1 unspecified atom stereocenters. The van der Waals surface area contributed by atoms with E-state index in [1.807, 2.05) is 62.4 Å². The van der Waals surface area contributed by atoms with Crippen molar-refractivity contribution in [1.82, 2.24) is 14.8 Å². The summed E-state index contributed by atoms with van der Waals surface area (Å²) in [5, 5.41) is 10.6. The monoisotopic (exact) mass is 445 g/mol. The van der Waals surface area contributed by atoms with Crippen LogP contribution in [-0.4, -0.2) is 27.3 Å². The number of carbonyl (C=O) groups is 1. The van der Waals surface area contributed by atoms with Gasteiger partial charge >= 0.3 is 0 Å². The van der Waals surface area contributed by atoms with Gasteiger partial charge in [-0.2, -0.15) is 10.1 Å². The lowest BCUT2D eigenvalue weighted by Gasteiger charge is -2.28. The lowest BCUT2D eigenvalue weighted by molar-refractivity contribution is -0.113. The molecule has 0 bridgehead atoms. The van der Waals surface area contributed by atoms with Crippen molar-refractivity contribution in [3.8, 4) is 5.75 Å². The zero-order chi connectivity index (χ0) is 23.2. The quantitative estimate of drug-likeness (QED) is 0.427. The number of aromatic nitrogens is 3. The van der Waals surface area contributed by atoms with Crippen LogP contribution >= 0.6 is 0 Å². The molecule has 0 spiro atoms. The minimum Gasteiger partial charge on any atom is -0.494 e. The van der Waals surface area contributed by atoms with Crippen molar-refractivity contribution >= 4 is 17.5 Å². The summed E-state index contributed by atoms with van der Waals surface area (Å²) in [5.41, 5.74) is 4.14. The summed E-state index contributed by atoms with van der Waals surface area (Å²) in [4.78, 5) is 17.7. The third kappa shape index (κ3) is 5.25. The maximum atomic E-state index is 13.4. The van der Waals surface area contributed by atoms with E-state index in [-0.39, 0.29) is 5.91 Å². The van der Waals surface area contributed by atoms with Gasteiger partial charge in [0.15, 0.2) is 0 Å². The number of nitrogens with one attached hydrogen (secondary N) is 2. The molecule has 1 aromatic heterocycles. The number of hydrogen-bond acceptors (Lipinski definition) is 5. The largest absolute Gasteiger partial charge is 0.494 e. The smallest absolute Gasteiger partial charge is 0.255 e. The number of ether oxygens (including phenoxy) is 1. The van der Waals surface area contributed by atoms with Crippen LogP contribution in [-0.2, 0) is 4.79 Å². The number of unbranched alkanes of at least 4 members (excludes halogenated alkanes) is 3. The Kier molecular flexibility index (Phi) is 7.07. The molecule has 33 heavy (non-hydrogen) atoms. The second-order valence-corrected chi connectivity index (χ2v) is 8.40. The second kappa shape index (κ2) is 10.3. The number of rotatable bonds is 9. The van der Waals surface area contributed by atoms with E-state index in [4.69, 9.17) is 4.74 Å². The number of aryl methyl sites for hydroxylation is 1. The highest BCUT2D eigenvalue weighted by molar-refractivity contribution is 6.06. The molecule has 0 aliphatic carbocycles. The van der Waals surface area contributed by atoms with Crippen LogP contribution in [0.2, 0.25) is 0 Å². The fraction of sp³-hybridized carbons (Fsp3) is 0.346. The Morgan fingerprint density at radius 1 is 1.12 bits per heavy atom. The zero-order valence-corrected chi connectivity index (χ0v) is 19.5. The average molecular weight is 446 g/mol. The van der Waals surface area contributed by atoms with Gasteiger partial charge in [-0.3, -0.25) is 4.79 Å². The first kappa shape index (κ1) is 22.6. The van der Waals surface area contributed by atoms with Crippen LogP contribution in [0.4, 0.5) is 11.6 Å². The molecule has 3 aromatic rings. The summed E-state index contributed by atoms with van der Waals surface area (Å²) in [6.45, 7) is 6.81. The Hall–Kier alpha value is -3.61. The van der Waals surface area contributed by atoms with Gasteiger partial charge in [0.05, 0.1) is 12.2 Å². The van der Waals surface area contributed by atoms with Crippen LogP contribution in [0.25, 0.3) is 0 Å². The van der Waals surface area contributed by atoms with Gasteiger partial charge in [0.1, 0.15) is 18.1 Å². The number of hydrogen-bond donors (Lipinski definition) is 2. The fourth-order valence-electron chi connectivity index (χ4n) is 4.08. The molecular formula is C26H31N5O2. The summed E-state index contributed by atoms with van der Waals surface area (Å²) in [7, 11) is 0. The number of nitrogens with zero attached hydrogens (tertiary/aromatic N) is 3. The first-order chi connectivity index (χ1) is 16.1. The van der Waals surface area contributed by atoms with Gasteiger partial charge in [-0.05, 0) is 55.7 Å². The Balaban J connectivity index is 1.57. The Morgan fingerprint density at radius 2 is 1.94 bits per heavy atom. The number of fused-ring (bicyclic) bond motifs is 1. The molecule has 1 aliphatic heterocycles. The van der Waals surface area contributed by atoms with Gasteiger partial charge in [0, 0.05) is 11.4 Å². The van der Waals surface area contributed by atoms with Crippen molar-refractivity contribution in [1.29, 1.82) is 0 Å². The number of allylic oxidation sites excluding steroid dienone is 1. The van der Waals surface area contributed by atoms with Gasteiger partial charge in [0.2, 0.25) is 5.95 Å². The molecule has 2 aromatic carbocycles. The van der Waals surface area contributed by atoms with E-state index in [0.29, 0.717) is 18.1 Å². The van der Waals surface area contributed by atoms with E-state index >= 15 is 0 Å². The SMILES string of the molecule is CCCCCCOc1ccc(C2C(C(=O)Nc3cccc(C)c3)=C(C)Nc3ncnn32)cc1. The van der Waals surface area contributed by atoms with E-state index in [1.165, 1.54) is 25.6 Å². The summed E-state index contributed by atoms with van der Waals surface area (Å²) in [6, 6.07) is 15.3. The molecule has 0 fully saturated rings. The van der Waals surface area contributed by atoms with Crippen molar-refractivity contribution < 1.29 is 9.53 Å². The maximum absolute atomic E-state index is 13.4. The highest BCUT2D eigenvalue weighted by Gasteiger charge is 2.33. The Morgan fingerprint density at radius 3 is 2.70 bits per heavy atom. The van der Waals surface area contributed by atoms with Gasteiger partial charge in [-0.25, -0.2) is 4.68 Å². The molecule has 7 heteroatoms. The molecule has 0 radical (unpaired) electrons. The maximum Gasteiger partial charge on any atom is 0.255 e. The zero-order valence-electron chi connectivity index (χ0n) is 19.5. The minimum absolute atomic E-state index is 0.173. The topological polar surface area (TPSA) is 81.1 Å². The first-order valence-electron chi connectivity index (χ1n) is 11.5. The van der Waals surface area contributed by atoms with Gasteiger partial charge < -0.3 is 15.4 Å². The Bertz CT molecular complexity index is 1130.